The second-order valence-corrected chi connectivity index (χ2v) is 8.68. The predicted molar refractivity (Wildman–Crippen MR) is 123 cm³/mol. The Morgan fingerprint density at radius 3 is 2.57 bits per heavy atom. The minimum Gasteiger partial charge on any atom is -0.399 e. The van der Waals surface area contributed by atoms with Crippen molar-refractivity contribution in [3.63, 3.8) is 0 Å². The van der Waals surface area contributed by atoms with Crippen LogP contribution < -0.4 is 16.4 Å². The number of rotatable bonds is 6. The van der Waals surface area contributed by atoms with Crippen molar-refractivity contribution in [1.82, 2.24) is 24.4 Å². The molecule has 1 aromatic carbocycles. The molecular formula is C22H32N8. The van der Waals surface area contributed by atoms with E-state index in [0.717, 1.165) is 29.7 Å². The molecule has 1 saturated carbocycles. The molecule has 0 atom stereocenters. The fourth-order valence-electron chi connectivity index (χ4n) is 4.12. The lowest BCUT2D eigenvalue weighted by Crippen LogP contribution is -2.36. The number of nitrogens with two attached hydrogens (primary N) is 1. The summed E-state index contributed by atoms with van der Waals surface area (Å²) in [7, 11) is 4.33. The SMILES string of the molecule is CC(C)n1cnc2c(Nc3cccc(N)c3)nc(N[C@H]3CC[C@@H](N(C)C)CC3)nc21. The molecule has 2 heterocycles. The maximum absolute atomic E-state index is 5.95. The molecule has 0 bridgehead atoms. The van der Waals surface area contributed by atoms with Gasteiger partial charge in [0, 0.05) is 29.5 Å². The number of nitrogens with one attached hydrogen (secondary N) is 2. The van der Waals surface area contributed by atoms with Gasteiger partial charge in [0.1, 0.15) is 0 Å². The van der Waals surface area contributed by atoms with Gasteiger partial charge in [0.05, 0.1) is 6.33 Å². The molecule has 1 fully saturated rings. The van der Waals surface area contributed by atoms with Gasteiger partial charge in [-0.3, -0.25) is 0 Å². The number of hydrogen-bond acceptors (Lipinski definition) is 7. The van der Waals surface area contributed by atoms with Crippen LogP contribution in [0, 0.1) is 0 Å². The van der Waals surface area contributed by atoms with Crippen LogP contribution in [0.3, 0.4) is 0 Å². The van der Waals surface area contributed by atoms with Gasteiger partial charge in [-0.2, -0.15) is 9.97 Å². The Hall–Kier alpha value is -2.87. The highest BCUT2D eigenvalue weighted by molar-refractivity contribution is 5.87. The zero-order valence-corrected chi connectivity index (χ0v) is 18.3. The molecule has 8 heteroatoms. The van der Waals surface area contributed by atoms with Crippen LogP contribution in [0.15, 0.2) is 30.6 Å². The minimum absolute atomic E-state index is 0.258. The number of imidazole rings is 1. The summed E-state index contributed by atoms with van der Waals surface area (Å²) < 4.78 is 2.08. The summed E-state index contributed by atoms with van der Waals surface area (Å²) in [6.45, 7) is 4.26. The van der Waals surface area contributed by atoms with Gasteiger partial charge in [-0.1, -0.05) is 6.07 Å². The van der Waals surface area contributed by atoms with Crippen LogP contribution in [0.4, 0.5) is 23.1 Å². The zero-order valence-electron chi connectivity index (χ0n) is 18.3. The zero-order chi connectivity index (χ0) is 21.3. The average molecular weight is 409 g/mol. The summed E-state index contributed by atoms with van der Waals surface area (Å²) in [6.07, 6.45) is 6.44. The fraction of sp³-hybridized carbons (Fsp3) is 0.500. The molecule has 0 spiro atoms. The number of nitrogen functional groups attached to an aromatic ring is 1. The van der Waals surface area contributed by atoms with Gasteiger partial charge < -0.3 is 25.8 Å². The van der Waals surface area contributed by atoms with Gasteiger partial charge in [0.25, 0.3) is 0 Å². The van der Waals surface area contributed by atoms with Crippen LogP contribution in [0.5, 0.6) is 0 Å². The second kappa shape index (κ2) is 8.47. The van der Waals surface area contributed by atoms with E-state index in [-0.39, 0.29) is 6.04 Å². The largest absolute Gasteiger partial charge is 0.399 e. The first kappa shape index (κ1) is 20.4. The number of nitrogens with zero attached hydrogens (tertiary/aromatic N) is 5. The molecular weight excluding hydrogens is 376 g/mol. The monoisotopic (exact) mass is 408 g/mol. The third kappa shape index (κ3) is 4.33. The molecule has 0 saturated heterocycles. The lowest BCUT2D eigenvalue weighted by molar-refractivity contribution is 0.221. The van der Waals surface area contributed by atoms with Crippen LogP contribution in [0.2, 0.25) is 0 Å². The molecule has 1 aliphatic rings. The van der Waals surface area contributed by atoms with Crippen molar-refractivity contribution in [3.05, 3.63) is 30.6 Å². The van der Waals surface area contributed by atoms with Crippen LogP contribution >= 0.6 is 0 Å². The normalized spacial score (nSPS) is 19.5. The lowest BCUT2D eigenvalue weighted by Gasteiger charge is -2.33. The molecule has 4 rings (SSSR count). The van der Waals surface area contributed by atoms with E-state index < -0.39 is 0 Å². The molecule has 8 nitrogen and oxygen atoms in total. The van der Waals surface area contributed by atoms with Crippen molar-refractivity contribution in [1.29, 1.82) is 0 Å². The second-order valence-electron chi connectivity index (χ2n) is 8.68. The highest BCUT2D eigenvalue weighted by Crippen LogP contribution is 2.28. The lowest BCUT2D eigenvalue weighted by atomic mass is 9.91. The molecule has 160 valence electrons. The molecule has 3 aromatic rings. The van der Waals surface area contributed by atoms with E-state index in [1.165, 1.54) is 12.8 Å². The minimum atomic E-state index is 0.258. The third-order valence-electron chi connectivity index (χ3n) is 5.89. The number of anilines is 4. The van der Waals surface area contributed by atoms with E-state index >= 15 is 0 Å². The van der Waals surface area contributed by atoms with Gasteiger partial charge in [-0.05, 0) is 71.8 Å². The molecule has 2 aromatic heterocycles. The van der Waals surface area contributed by atoms with Crippen molar-refractivity contribution >= 4 is 34.3 Å². The van der Waals surface area contributed by atoms with Crippen LogP contribution in [-0.2, 0) is 0 Å². The van der Waals surface area contributed by atoms with E-state index in [4.69, 9.17) is 15.7 Å². The summed E-state index contributed by atoms with van der Waals surface area (Å²) in [6, 6.07) is 8.95. The Bertz CT molecular complexity index is 1000. The molecule has 4 N–H and O–H groups in total. The standard InChI is InChI=1S/C22H32N8/c1-14(2)30-13-24-19-20(25-17-7-5-6-15(23)12-17)27-22(28-21(19)30)26-16-8-10-18(11-9-16)29(3)4/h5-7,12-14,16,18H,8-11,23H2,1-4H3,(H2,25,26,27,28)/t16-,18+. The maximum atomic E-state index is 5.95. The quantitative estimate of drug-likeness (QED) is 0.530. The Morgan fingerprint density at radius 1 is 1.13 bits per heavy atom. The van der Waals surface area contributed by atoms with Crippen LogP contribution in [0.25, 0.3) is 11.2 Å². The fourth-order valence-corrected chi connectivity index (χ4v) is 4.12. The maximum Gasteiger partial charge on any atom is 0.227 e. The highest BCUT2D eigenvalue weighted by atomic mass is 15.2. The van der Waals surface area contributed by atoms with Gasteiger partial charge in [0.15, 0.2) is 17.0 Å². The third-order valence-corrected chi connectivity index (χ3v) is 5.89. The van der Waals surface area contributed by atoms with E-state index in [9.17, 15) is 0 Å². The molecule has 30 heavy (non-hydrogen) atoms. The van der Waals surface area contributed by atoms with Gasteiger partial charge in [-0.25, -0.2) is 4.98 Å². The van der Waals surface area contributed by atoms with Crippen LogP contribution in [-0.4, -0.2) is 50.6 Å². The Kier molecular flexibility index (Phi) is 5.76. The molecule has 0 unspecified atom stereocenters. The summed E-state index contributed by atoms with van der Waals surface area (Å²) in [4.78, 5) is 16.5. The number of benzene rings is 1. The topological polar surface area (TPSA) is 96.9 Å². The smallest absolute Gasteiger partial charge is 0.227 e. The van der Waals surface area contributed by atoms with E-state index in [2.05, 4.69) is 53.0 Å². The summed E-state index contributed by atoms with van der Waals surface area (Å²) in [5, 5.41) is 6.97. The Morgan fingerprint density at radius 2 is 1.90 bits per heavy atom. The Balaban J connectivity index is 1.63. The van der Waals surface area contributed by atoms with Gasteiger partial charge in [0.2, 0.25) is 5.95 Å². The summed E-state index contributed by atoms with van der Waals surface area (Å²) in [5.41, 5.74) is 9.12. The Labute approximate surface area is 177 Å². The first-order valence-corrected chi connectivity index (χ1v) is 10.7. The molecule has 0 radical (unpaired) electrons. The average Bonchev–Trinajstić information content (AvgIpc) is 3.13. The number of hydrogen-bond donors (Lipinski definition) is 3. The van der Waals surface area contributed by atoms with Crippen molar-refractivity contribution in [3.8, 4) is 0 Å². The van der Waals surface area contributed by atoms with Crippen LogP contribution in [0.1, 0.15) is 45.6 Å². The van der Waals surface area contributed by atoms with Gasteiger partial charge >= 0.3 is 0 Å². The van der Waals surface area contributed by atoms with E-state index in [0.29, 0.717) is 29.5 Å². The van der Waals surface area contributed by atoms with Crippen molar-refractivity contribution in [2.45, 2.75) is 57.7 Å². The first-order chi connectivity index (χ1) is 14.4. The first-order valence-electron chi connectivity index (χ1n) is 10.7. The number of fused-ring (bicyclic) bond motifs is 1. The number of aromatic nitrogens is 4. The van der Waals surface area contributed by atoms with E-state index in [1.807, 2.05) is 30.6 Å². The van der Waals surface area contributed by atoms with E-state index in [1.54, 1.807) is 0 Å². The highest BCUT2D eigenvalue weighted by Gasteiger charge is 2.24. The molecule has 0 aliphatic heterocycles. The van der Waals surface area contributed by atoms with Crippen molar-refractivity contribution < 1.29 is 0 Å². The van der Waals surface area contributed by atoms with Gasteiger partial charge in [-0.15, -0.1) is 0 Å². The molecule has 1 aliphatic carbocycles. The molecule has 0 amide bonds. The predicted octanol–water partition coefficient (Wildman–Crippen LogP) is 4.02. The van der Waals surface area contributed by atoms with Crippen molar-refractivity contribution in [2.24, 2.45) is 0 Å². The summed E-state index contributed by atoms with van der Waals surface area (Å²) >= 11 is 0. The summed E-state index contributed by atoms with van der Waals surface area (Å²) in [5.74, 6) is 1.33. The van der Waals surface area contributed by atoms with Crippen molar-refractivity contribution in [2.75, 3.05) is 30.5 Å².